The van der Waals surface area contributed by atoms with Gasteiger partial charge in [0.25, 0.3) is 0 Å². The third-order valence-electron chi connectivity index (χ3n) is 3.35. The summed E-state index contributed by atoms with van der Waals surface area (Å²) in [7, 11) is 0. The van der Waals surface area contributed by atoms with Crippen LogP contribution in [0.1, 0.15) is 48.0 Å². The fourth-order valence-electron chi connectivity index (χ4n) is 2.45. The molecule has 0 N–H and O–H groups in total. The molecule has 24 heavy (non-hydrogen) atoms. The summed E-state index contributed by atoms with van der Waals surface area (Å²) in [6.45, 7) is 13.9. The quantitative estimate of drug-likeness (QED) is 0.754. The van der Waals surface area contributed by atoms with E-state index in [1.54, 1.807) is 20.8 Å². The molecule has 0 bridgehead atoms. The van der Waals surface area contributed by atoms with Gasteiger partial charge in [-0.2, -0.15) is 0 Å². The second-order valence-corrected chi connectivity index (χ2v) is 8.12. The lowest BCUT2D eigenvalue weighted by Gasteiger charge is -2.23. The van der Waals surface area contributed by atoms with Gasteiger partial charge in [-0.15, -0.1) is 6.58 Å². The second-order valence-electron chi connectivity index (χ2n) is 8.12. The molecule has 1 rings (SSSR count). The second kappa shape index (κ2) is 6.75. The summed E-state index contributed by atoms with van der Waals surface area (Å²) in [6.07, 6.45) is 1.64. The summed E-state index contributed by atoms with van der Waals surface area (Å²) in [4.78, 5) is 49.9. The highest BCUT2D eigenvalue weighted by molar-refractivity contribution is 5.78. The molecule has 0 aliphatic heterocycles. The van der Waals surface area contributed by atoms with Gasteiger partial charge in [-0.25, -0.2) is 28.1 Å². The van der Waals surface area contributed by atoms with E-state index in [2.05, 4.69) is 6.58 Å². The van der Waals surface area contributed by atoms with Crippen molar-refractivity contribution in [1.29, 1.82) is 0 Å². The zero-order valence-corrected chi connectivity index (χ0v) is 15.4. The first-order valence-electron chi connectivity index (χ1n) is 7.89. The first-order chi connectivity index (χ1) is 10.8. The average molecular weight is 337 g/mol. The summed E-state index contributed by atoms with van der Waals surface area (Å²) in [5.74, 6) is -0.231. The van der Waals surface area contributed by atoms with Gasteiger partial charge >= 0.3 is 17.1 Å². The van der Waals surface area contributed by atoms with Crippen molar-refractivity contribution in [1.82, 2.24) is 13.7 Å². The Kier molecular flexibility index (Phi) is 5.58. The number of carbonyl (C=O) groups is 1. The van der Waals surface area contributed by atoms with Crippen LogP contribution in [0.2, 0.25) is 0 Å². The van der Waals surface area contributed by atoms with E-state index < -0.39 is 22.6 Å². The van der Waals surface area contributed by atoms with Gasteiger partial charge in [-0.05, 0) is 26.2 Å². The van der Waals surface area contributed by atoms with Crippen LogP contribution in [0.4, 0.5) is 0 Å². The van der Waals surface area contributed by atoms with E-state index in [0.717, 1.165) is 13.7 Å². The van der Waals surface area contributed by atoms with Crippen molar-refractivity contribution in [3.63, 3.8) is 0 Å². The van der Waals surface area contributed by atoms with Gasteiger partial charge < -0.3 is 0 Å². The van der Waals surface area contributed by atoms with Crippen LogP contribution in [0.15, 0.2) is 27.0 Å². The summed E-state index contributed by atoms with van der Waals surface area (Å²) < 4.78 is 2.76. The average Bonchev–Trinajstić information content (AvgIpc) is 2.36. The van der Waals surface area contributed by atoms with Crippen LogP contribution in [-0.2, 0) is 23.4 Å². The Hall–Kier alpha value is -2.18. The van der Waals surface area contributed by atoms with Gasteiger partial charge in [-0.1, -0.05) is 26.8 Å². The van der Waals surface area contributed by atoms with Crippen molar-refractivity contribution >= 4 is 5.78 Å². The van der Waals surface area contributed by atoms with E-state index in [9.17, 15) is 19.2 Å². The number of carbonyl (C=O) groups excluding carboxylic acids is 1. The van der Waals surface area contributed by atoms with E-state index in [4.69, 9.17) is 0 Å². The monoisotopic (exact) mass is 337 g/mol. The van der Waals surface area contributed by atoms with Crippen molar-refractivity contribution < 1.29 is 4.79 Å². The van der Waals surface area contributed by atoms with Crippen LogP contribution >= 0.6 is 0 Å². The van der Waals surface area contributed by atoms with Gasteiger partial charge in [0.1, 0.15) is 0 Å². The van der Waals surface area contributed by atoms with E-state index in [-0.39, 0.29) is 30.7 Å². The molecule has 0 saturated carbocycles. The molecule has 0 aliphatic rings. The number of rotatable bonds is 5. The lowest BCUT2D eigenvalue weighted by atomic mass is 9.90. The summed E-state index contributed by atoms with van der Waals surface area (Å²) in [6, 6.07) is 0. The fraction of sp³-hybridized carbons (Fsp3) is 0.647. The van der Waals surface area contributed by atoms with Gasteiger partial charge in [0.2, 0.25) is 0 Å². The van der Waals surface area contributed by atoms with Gasteiger partial charge in [0.05, 0.1) is 13.1 Å². The number of ketones is 1. The highest BCUT2D eigenvalue weighted by Gasteiger charge is 2.25. The highest BCUT2D eigenvalue weighted by Crippen LogP contribution is 2.18. The normalized spacial score (nSPS) is 12.2. The van der Waals surface area contributed by atoms with Crippen LogP contribution in [0, 0.1) is 5.41 Å². The zero-order chi connectivity index (χ0) is 18.9. The maximum atomic E-state index is 12.6. The molecule has 1 aromatic heterocycles. The minimum Gasteiger partial charge on any atom is -0.298 e. The Balaban J connectivity index is 3.61. The number of aromatic nitrogens is 3. The topological polar surface area (TPSA) is 83.1 Å². The minimum atomic E-state index is -0.820. The molecule has 134 valence electrons. The van der Waals surface area contributed by atoms with Crippen LogP contribution in [0.3, 0.4) is 0 Å². The third kappa shape index (κ3) is 4.43. The smallest absolute Gasteiger partial charge is 0.298 e. The molecule has 0 radical (unpaired) electrons. The Morgan fingerprint density at radius 2 is 1.46 bits per heavy atom. The van der Waals surface area contributed by atoms with Crippen LogP contribution < -0.4 is 17.1 Å². The fourth-order valence-corrected chi connectivity index (χ4v) is 2.45. The van der Waals surface area contributed by atoms with Crippen molar-refractivity contribution in [2.24, 2.45) is 5.41 Å². The van der Waals surface area contributed by atoms with E-state index in [1.807, 2.05) is 20.8 Å². The molecular formula is C17H27N3O4. The van der Waals surface area contributed by atoms with Crippen LogP contribution in [0.5, 0.6) is 0 Å². The molecule has 0 saturated heterocycles. The predicted molar refractivity (Wildman–Crippen MR) is 93.5 cm³/mol. The Bertz CT molecular complexity index is 811. The number of nitrogens with zero attached hydrogens (tertiary/aromatic N) is 3. The Labute approximate surface area is 141 Å². The zero-order valence-electron chi connectivity index (χ0n) is 15.4. The number of hydrogen-bond donors (Lipinski definition) is 0. The number of hydrogen-bond acceptors (Lipinski definition) is 4. The lowest BCUT2D eigenvalue weighted by Crippen LogP contribution is -2.58. The van der Waals surface area contributed by atoms with Crippen LogP contribution in [0.25, 0.3) is 0 Å². The Morgan fingerprint density at radius 3 is 1.88 bits per heavy atom. The molecule has 0 amide bonds. The van der Waals surface area contributed by atoms with Crippen molar-refractivity contribution in [3.8, 4) is 0 Å². The largest absolute Gasteiger partial charge is 0.337 e. The minimum absolute atomic E-state index is 0.0263. The molecular weight excluding hydrogens is 310 g/mol. The molecule has 0 aromatic carbocycles. The molecule has 0 aliphatic carbocycles. The summed E-state index contributed by atoms with van der Waals surface area (Å²) in [5.41, 5.74) is -3.32. The molecule has 0 atom stereocenters. The molecule has 0 spiro atoms. The predicted octanol–water partition coefficient (Wildman–Crippen LogP) is 1.12. The van der Waals surface area contributed by atoms with Gasteiger partial charge in [0.15, 0.2) is 5.78 Å². The first-order valence-corrected chi connectivity index (χ1v) is 7.89. The summed E-state index contributed by atoms with van der Waals surface area (Å²) >= 11 is 0. The van der Waals surface area contributed by atoms with Crippen molar-refractivity contribution in [3.05, 3.63) is 44.1 Å². The molecule has 7 nitrogen and oxygen atoms in total. The molecule has 0 unspecified atom stereocenters. The van der Waals surface area contributed by atoms with Crippen molar-refractivity contribution in [2.75, 3.05) is 0 Å². The highest BCUT2D eigenvalue weighted by atomic mass is 16.2. The van der Waals surface area contributed by atoms with Crippen molar-refractivity contribution in [2.45, 2.75) is 66.6 Å². The van der Waals surface area contributed by atoms with Crippen LogP contribution in [-0.4, -0.2) is 19.5 Å². The molecule has 0 fully saturated rings. The molecule has 7 heteroatoms. The van der Waals surface area contributed by atoms with Gasteiger partial charge in [0, 0.05) is 12.0 Å². The lowest BCUT2D eigenvalue weighted by molar-refractivity contribution is -0.121. The standard InChI is InChI=1S/C17H27N3O4/c1-8-9-18-13(22)19(11-12(21)10-16(2,3)4)15(24)20(14(18)23)17(5,6)7/h8H,1,9-11H2,2-7H3. The summed E-state index contributed by atoms with van der Waals surface area (Å²) in [5, 5.41) is 0. The maximum Gasteiger partial charge on any atom is 0.337 e. The SMILES string of the molecule is C=CCn1c(=O)n(CC(=O)CC(C)(C)C)c(=O)n(C(C)(C)C)c1=O. The maximum absolute atomic E-state index is 12.6. The molecule has 1 heterocycles. The van der Waals surface area contributed by atoms with E-state index in [1.165, 1.54) is 6.08 Å². The van der Waals surface area contributed by atoms with Gasteiger partial charge in [-0.3, -0.25) is 4.79 Å². The third-order valence-corrected chi connectivity index (χ3v) is 3.35. The van der Waals surface area contributed by atoms with E-state index in [0.29, 0.717) is 0 Å². The Morgan fingerprint density at radius 1 is 0.958 bits per heavy atom. The molecule has 1 aromatic rings. The number of allylic oxidation sites excluding steroid dienone is 1. The number of Topliss-reactive ketones (excluding diaryl/α,β-unsaturated/α-hetero) is 1. The first kappa shape index (κ1) is 19.9. The van der Waals surface area contributed by atoms with E-state index >= 15 is 0 Å².